The fraction of sp³-hybridized carbons (Fsp3) is 0.303. The van der Waals surface area contributed by atoms with E-state index in [1.807, 2.05) is 79.7 Å². The Kier molecular flexibility index (Phi) is 12.5. The maximum atomic E-state index is 12.6. The van der Waals surface area contributed by atoms with Crippen molar-refractivity contribution in [2.24, 2.45) is 5.92 Å². The first-order chi connectivity index (χ1) is 19.5. The molecule has 0 aliphatic heterocycles. The molecule has 7 heteroatoms. The molecule has 0 fully saturated rings. The van der Waals surface area contributed by atoms with Crippen molar-refractivity contribution in [3.8, 4) is 0 Å². The van der Waals surface area contributed by atoms with Crippen LogP contribution in [0, 0.1) is 5.92 Å². The number of hydrogen-bond donors (Lipinski definition) is 2. The van der Waals surface area contributed by atoms with Crippen molar-refractivity contribution < 1.29 is 23.9 Å². The summed E-state index contributed by atoms with van der Waals surface area (Å²) in [6, 6.07) is 24.1. The lowest BCUT2D eigenvalue weighted by molar-refractivity contribution is -0.143. The van der Waals surface area contributed by atoms with Crippen molar-refractivity contribution in [2.75, 3.05) is 23.8 Å². The van der Waals surface area contributed by atoms with Crippen LogP contribution in [-0.2, 0) is 20.7 Å². The van der Waals surface area contributed by atoms with Crippen LogP contribution in [0.15, 0.2) is 84.9 Å². The highest BCUT2D eigenvalue weighted by Crippen LogP contribution is 2.23. The number of para-hydroxylation sites is 2. The number of amides is 2. The molecule has 2 amide bonds. The number of unbranched alkanes of at least 4 members (excludes halogenated alkanes) is 1. The maximum Gasteiger partial charge on any atom is 0.338 e. The minimum Gasteiger partial charge on any atom is -0.466 e. The molecule has 1 atom stereocenters. The molecule has 40 heavy (non-hydrogen) atoms. The largest absolute Gasteiger partial charge is 0.466 e. The molecule has 0 aromatic heterocycles. The number of benzene rings is 3. The maximum absolute atomic E-state index is 12.6. The second-order valence-electron chi connectivity index (χ2n) is 9.32. The van der Waals surface area contributed by atoms with Crippen molar-refractivity contribution in [1.82, 2.24) is 0 Å². The number of carbonyl (C=O) groups excluding carboxylic acids is 3. The molecular weight excluding hydrogens is 504 g/mol. The normalized spacial score (nSPS) is 11.6. The summed E-state index contributed by atoms with van der Waals surface area (Å²) in [5.74, 6) is -0.315. The second kappa shape index (κ2) is 16.5. The van der Waals surface area contributed by atoms with Crippen LogP contribution in [0.4, 0.5) is 16.2 Å². The third-order valence-corrected chi connectivity index (χ3v) is 6.26. The third kappa shape index (κ3) is 10.4. The Bertz CT molecular complexity index is 1260. The zero-order valence-corrected chi connectivity index (χ0v) is 23.2. The van der Waals surface area contributed by atoms with Gasteiger partial charge in [0.1, 0.15) is 0 Å². The van der Waals surface area contributed by atoms with Gasteiger partial charge < -0.3 is 20.1 Å². The summed E-state index contributed by atoms with van der Waals surface area (Å²) in [5, 5.41) is 5.78. The first kappa shape index (κ1) is 30.2. The Morgan fingerprint density at radius 2 is 1.50 bits per heavy atom. The zero-order valence-electron chi connectivity index (χ0n) is 23.2. The molecule has 0 aliphatic rings. The van der Waals surface area contributed by atoms with Crippen LogP contribution in [-0.4, -0.2) is 31.2 Å². The van der Waals surface area contributed by atoms with Crippen molar-refractivity contribution >= 4 is 35.4 Å². The molecule has 3 aromatic carbocycles. The number of hydrogen-bond acceptors (Lipinski definition) is 5. The van der Waals surface area contributed by atoms with Gasteiger partial charge in [-0.05, 0) is 80.5 Å². The number of anilines is 2. The molecule has 3 aromatic rings. The summed E-state index contributed by atoms with van der Waals surface area (Å²) in [5.41, 5.74) is 3.93. The molecule has 0 bridgehead atoms. The Hall–Kier alpha value is -4.39. The highest BCUT2D eigenvalue weighted by molar-refractivity contribution is 6.00. The van der Waals surface area contributed by atoms with Crippen LogP contribution >= 0.6 is 0 Å². The average Bonchev–Trinajstić information content (AvgIpc) is 2.95. The molecular formula is C33H38N2O5. The fourth-order valence-electron chi connectivity index (χ4n) is 4.27. The Labute approximate surface area is 236 Å². The van der Waals surface area contributed by atoms with Crippen molar-refractivity contribution in [3.63, 3.8) is 0 Å². The number of rotatable bonds is 14. The van der Waals surface area contributed by atoms with Gasteiger partial charge >= 0.3 is 18.0 Å². The van der Waals surface area contributed by atoms with E-state index in [0.29, 0.717) is 36.6 Å². The van der Waals surface area contributed by atoms with Gasteiger partial charge in [-0.3, -0.25) is 4.79 Å². The first-order valence-electron chi connectivity index (χ1n) is 13.8. The van der Waals surface area contributed by atoms with E-state index in [1.165, 1.54) is 0 Å². The minimum atomic E-state index is -0.329. The third-order valence-electron chi connectivity index (χ3n) is 6.26. The van der Waals surface area contributed by atoms with E-state index in [1.54, 1.807) is 19.1 Å². The number of urea groups is 1. The molecule has 0 spiro atoms. The van der Waals surface area contributed by atoms with Crippen LogP contribution in [0.25, 0.3) is 6.08 Å². The van der Waals surface area contributed by atoms with Gasteiger partial charge in [-0.2, -0.15) is 0 Å². The van der Waals surface area contributed by atoms with Gasteiger partial charge in [-0.15, -0.1) is 0 Å². The Balaban J connectivity index is 1.70. The summed E-state index contributed by atoms with van der Waals surface area (Å²) < 4.78 is 10.1. The van der Waals surface area contributed by atoms with Gasteiger partial charge in [0.2, 0.25) is 0 Å². The monoisotopic (exact) mass is 542 g/mol. The van der Waals surface area contributed by atoms with Gasteiger partial charge in [0.05, 0.1) is 18.8 Å². The molecule has 3 rings (SSSR count). The van der Waals surface area contributed by atoms with Crippen LogP contribution in [0.2, 0.25) is 0 Å². The van der Waals surface area contributed by atoms with Gasteiger partial charge in [0.15, 0.2) is 0 Å². The quantitative estimate of drug-likeness (QED) is 0.162. The molecule has 0 aliphatic carbocycles. The zero-order chi connectivity index (χ0) is 28.6. The van der Waals surface area contributed by atoms with Crippen LogP contribution < -0.4 is 10.6 Å². The number of carbonyl (C=O) groups is 3. The van der Waals surface area contributed by atoms with Crippen LogP contribution in [0.1, 0.15) is 61.0 Å². The summed E-state index contributed by atoms with van der Waals surface area (Å²) in [4.78, 5) is 36.4. The molecule has 210 valence electrons. The van der Waals surface area contributed by atoms with Gasteiger partial charge in [0, 0.05) is 17.8 Å². The Morgan fingerprint density at radius 3 is 2.23 bits per heavy atom. The predicted molar refractivity (Wildman–Crippen MR) is 159 cm³/mol. The fourth-order valence-corrected chi connectivity index (χ4v) is 4.27. The van der Waals surface area contributed by atoms with E-state index < -0.39 is 0 Å². The van der Waals surface area contributed by atoms with E-state index in [2.05, 4.69) is 16.7 Å². The van der Waals surface area contributed by atoms with Gasteiger partial charge in [-0.1, -0.05) is 67.1 Å². The molecule has 0 heterocycles. The number of nitrogens with one attached hydrogen (secondary N) is 2. The van der Waals surface area contributed by atoms with Crippen molar-refractivity contribution in [3.05, 3.63) is 102 Å². The lowest BCUT2D eigenvalue weighted by Gasteiger charge is -2.15. The average molecular weight is 543 g/mol. The summed E-state index contributed by atoms with van der Waals surface area (Å²) in [7, 11) is 0. The molecule has 0 radical (unpaired) electrons. The van der Waals surface area contributed by atoms with Crippen molar-refractivity contribution in [1.29, 1.82) is 0 Å². The Morgan fingerprint density at radius 1 is 0.800 bits per heavy atom. The molecule has 0 saturated carbocycles. The first-order valence-corrected chi connectivity index (χ1v) is 13.8. The highest BCUT2D eigenvalue weighted by atomic mass is 16.5. The number of ether oxygens (including phenoxy) is 2. The van der Waals surface area contributed by atoms with E-state index in [9.17, 15) is 14.4 Å². The highest BCUT2D eigenvalue weighted by Gasteiger charge is 2.12. The predicted octanol–water partition coefficient (Wildman–Crippen LogP) is 7.50. The lowest BCUT2D eigenvalue weighted by Crippen LogP contribution is -2.19. The van der Waals surface area contributed by atoms with E-state index in [4.69, 9.17) is 9.47 Å². The van der Waals surface area contributed by atoms with E-state index >= 15 is 0 Å². The van der Waals surface area contributed by atoms with Crippen molar-refractivity contribution in [2.45, 2.75) is 46.0 Å². The van der Waals surface area contributed by atoms with Crippen LogP contribution in [0.3, 0.4) is 0 Å². The van der Waals surface area contributed by atoms with E-state index in [0.717, 1.165) is 36.8 Å². The number of esters is 2. The SMILES string of the molecule is CCOC(=O)CCCCC(C=Cc1ccccc1NC(=O)Nc1ccccc1)Cc1ccc(C(=O)OCC)cc1. The molecule has 1 unspecified atom stereocenters. The summed E-state index contributed by atoms with van der Waals surface area (Å²) in [6.07, 6.45) is 7.85. The molecule has 7 nitrogen and oxygen atoms in total. The molecule has 2 N–H and O–H groups in total. The standard InChI is InChI=1S/C33H38N2O5/c1-3-39-31(36)17-11-8-12-25(24-26-19-22-28(23-20-26)32(37)40-4-2)18-21-27-13-9-10-16-30(27)35-33(38)34-29-14-6-5-7-15-29/h5-7,9-10,13-16,18-23,25H,3-4,8,11-12,17,24H2,1-2H3,(H2,34,35,38). The smallest absolute Gasteiger partial charge is 0.338 e. The summed E-state index contributed by atoms with van der Waals surface area (Å²) in [6.45, 7) is 4.32. The van der Waals surface area contributed by atoms with Gasteiger partial charge in [-0.25, -0.2) is 9.59 Å². The second-order valence-corrected chi connectivity index (χ2v) is 9.32. The van der Waals surface area contributed by atoms with Crippen LogP contribution in [0.5, 0.6) is 0 Å². The van der Waals surface area contributed by atoms with E-state index in [-0.39, 0.29) is 23.9 Å². The number of allylic oxidation sites excluding steroid dienone is 1. The minimum absolute atomic E-state index is 0.169. The molecule has 0 saturated heterocycles. The summed E-state index contributed by atoms with van der Waals surface area (Å²) >= 11 is 0. The topological polar surface area (TPSA) is 93.7 Å². The lowest BCUT2D eigenvalue weighted by atomic mass is 9.92. The van der Waals surface area contributed by atoms with Gasteiger partial charge in [0.25, 0.3) is 0 Å².